The Bertz CT molecular complexity index is 4670. The lowest BCUT2D eigenvalue weighted by Gasteiger charge is -2.27. The summed E-state index contributed by atoms with van der Waals surface area (Å²) in [5.74, 6) is 0. The zero-order valence-electron chi connectivity index (χ0n) is 53.7. The van der Waals surface area contributed by atoms with Gasteiger partial charge in [-0.2, -0.15) is 0 Å². The van der Waals surface area contributed by atoms with Gasteiger partial charge in [-0.1, -0.05) is 308 Å². The average Bonchev–Trinajstić information content (AvgIpc) is 1.59. The van der Waals surface area contributed by atoms with Crippen LogP contribution in [0.2, 0.25) is 0 Å². The highest BCUT2D eigenvalue weighted by Gasteiger charge is 2.24. The minimum Gasteiger partial charge on any atom is -0.309 e. The number of hydrogen-bond donors (Lipinski definition) is 0. The lowest BCUT2D eigenvalue weighted by molar-refractivity contribution is 0.569. The molecule has 0 saturated carbocycles. The van der Waals surface area contributed by atoms with E-state index in [0.717, 1.165) is 39.0 Å². The van der Waals surface area contributed by atoms with Gasteiger partial charge in [0.1, 0.15) is 0 Å². The fraction of sp³-hybridized carbons (Fsp3) is 0.0870. The van der Waals surface area contributed by atoms with Crippen molar-refractivity contribution in [2.75, 3.05) is 0 Å². The molecule has 1 nitrogen and oxygen atoms in total. The number of benzene rings is 14. The second kappa shape index (κ2) is 24.3. The van der Waals surface area contributed by atoms with Crippen LogP contribution in [0.3, 0.4) is 0 Å². The molecule has 1 heterocycles. The van der Waals surface area contributed by atoms with Crippen LogP contribution < -0.4 is 0 Å². The Balaban J connectivity index is 0.933. The summed E-state index contributed by atoms with van der Waals surface area (Å²) in [6.45, 7) is 14.0. The van der Waals surface area contributed by atoms with Crippen LogP contribution in [0, 0.1) is 0 Å². The van der Waals surface area contributed by atoms with E-state index in [1.165, 1.54) is 122 Å². The highest BCUT2D eigenvalue weighted by atomic mass is 15.0. The maximum absolute atomic E-state index is 2.53. The molecule has 1 heteroatoms. The summed E-state index contributed by atoms with van der Waals surface area (Å²) in [5.41, 5.74) is 32.0. The van der Waals surface area contributed by atoms with Gasteiger partial charge in [0.15, 0.2) is 0 Å². The minimum absolute atomic E-state index is 0.0482. The summed E-state index contributed by atoms with van der Waals surface area (Å²) in [5, 5.41) is 2.38. The Labute approximate surface area is 548 Å². The molecule has 0 aliphatic carbocycles. The Morgan fingerprint density at radius 2 is 0.419 bits per heavy atom. The first-order chi connectivity index (χ1) is 45.3. The molecule has 93 heavy (non-hydrogen) atoms. The lowest BCUT2D eigenvalue weighted by Crippen LogP contribution is -2.16. The molecule has 0 amide bonds. The highest BCUT2D eigenvalue weighted by molar-refractivity contribution is 6.12. The first kappa shape index (κ1) is 58.3. The molecule has 0 spiro atoms. The Hall–Kier alpha value is -11.1. The number of hydrogen-bond acceptors (Lipinski definition) is 0. The SMILES string of the molecule is CC(C)(C)c1cc(-c2ccccc2-n2c3ccc(-c4cc(-c5ccc(-c6ccccc6)cc5)cc(-c5ccc(-c6ccccc6)cc5)c4)cc3c3cc(-c4cc(-c5ccc(-c6ccccc6)cc5)cc(-c5ccc(-c6ccccc6)cc5)c4)ccc32)cc(C(C)(C)C)c1. The third-order valence-corrected chi connectivity index (χ3v) is 18.7. The van der Waals surface area contributed by atoms with E-state index in [1.807, 2.05) is 0 Å². The molecule has 0 aliphatic rings. The summed E-state index contributed by atoms with van der Waals surface area (Å²) in [6, 6.07) is 124. The number of nitrogens with zero attached hydrogens (tertiary/aromatic N) is 1. The zero-order chi connectivity index (χ0) is 63.2. The molecular formula is C92H73N. The van der Waals surface area contributed by atoms with Gasteiger partial charge in [0.25, 0.3) is 0 Å². The van der Waals surface area contributed by atoms with Crippen molar-refractivity contribution in [3.05, 3.63) is 345 Å². The zero-order valence-corrected chi connectivity index (χ0v) is 53.7. The standard InChI is InChI=1S/C92H73N/c1-91(2,3)83-57-82(58-84(61-83)92(4,5)6)85-29-19-20-30-88(85)93-89-49-47-74(80-53-76(70-39-31-66(32-40-70)62-21-11-7-12-22-62)51-77(54-80)71-41-33-67(34-42-71)63-23-13-8-14-24-63)59-86(89)87-60-75(48-50-90(87)93)81-55-78(72-43-35-68(36-44-72)64-25-15-9-16-26-64)52-79(56-81)73-45-37-69(38-46-73)65-27-17-10-18-28-65/h7-61H,1-6H3. The molecule has 0 unspecified atom stereocenters. The van der Waals surface area contributed by atoms with Gasteiger partial charge in [0, 0.05) is 16.3 Å². The van der Waals surface area contributed by atoms with E-state index >= 15 is 0 Å². The highest BCUT2D eigenvalue weighted by Crippen LogP contribution is 2.44. The van der Waals surface area contributed by atoms with E-state index in [4.69, 9.17) is 0 Å². The minimum atomic E-state index is -0.0482. The number of fused-ring (bicyclic) bond motifs is 3. The van der Waals surface area contributed by atoms with Crippen LogP contribution in [0.25, 0.3) is 150 Å². The Morgan fingerprint density at radius 3 is 0.710 bits per heavy atom. The number of aromatic nitrogens is 1. The maximum atomic E-state index is 2.53. The maximum Gasteiger partial charge on any atom is 0.0541 e. The van der Waals surface area contributed by atoms with Crippen molar-refractivity contribution >= 4 is 21.8 Å². The van der Waals surface area contributed by atoms with Crippen molar-refractivity contribution in [3.63, 3.8) is 0 Å². The van der Waals surface area contributed by atoms with Crippen molar-refractivity contribution in [2.45, 2.75) is 52.4 Å². The fourth-order valence-electron chi connectivity index (χ4n) is 13.4. The van der Waals surface area contributed by atoms with E-state index in [2.05, 4.69) is 380 Å². The third-order valence-electron chi connectivity index (χ3n) is 18.7. The molecular weight excluding hydrogens is 1120 g/mol. The van der Waals surface area contributed by atoms with Gasteiger partial charge in [-0.25, -0.2) is 0 Å². The first-order valence-corrected chi connectivity index (χ1v) is 32.6. The molecule has 15 rings (SSSR count). The predicted octanol–water partition coefficient (Wildman–Crippen LogP) is 25.7. The summed E-state index contributed by atoms with van der Waals surface area (Å²) >= 11 is 0. The second-order valence-electron chi connectivity index (χ2n) is 27.0. The van der Waals surface area contributed by atoms with Crippen LogP contribution in [-0.4, -0.2) is 4.57 Å². The van der Waals surface area contributed by atoms with Crippen molar-refractivity contribution in [3.8, 4) is 128 Å². The van der Waals surface area contributed by atoms with Gasteiger partial charge in [0.2, 0.25) is 0 Å². The average molecular weight is 1190 g/mol. The van der Waals surface area contributed by atoms with Crippen molar-refractivity contribution in [1.82, 2.24) is 4.57 Å². The topological polar surface area (TPSA) is 4.93 Å². The van der Waals surface area contributed by atoms with Crippen LogP contribution in [-0.2, 0) is 10.8 Å². The van der Waals surface area contributed by atoms with Gasteiger partial charge in [-0.05, 0) is 206 Å². The van der Waals surface area contributed by atoms with Crippen LogP contribution >= 0.6 is 0 Å². The summed E-state index contributed by atoms with van der Waals surface area (Å²) in [6.07, 6.45) is 0. The molecule has 0 bridgehead atoms. The normalized spacial score (nSPS) is 11.8. The number of para-hydroxylation sites is 1. The molecule has 15 aromatic rings. The molecule has 0 fully saturated rings. The summed E-state index contributed by atoms with van der Waals surface area (Å²) < 4.78 is 2.53. The van der Waals surface area contributed by atoms with Crippen molar-refractivity contribution < 1.29 is 0 Å². The van der Waals surface area contributed by atoms with E-state index < -0.39 is 0 Å². The lowest BCUT2D eigenvalue weighted by atomic mass is 9.79. The molecule has 0 saturated heterocycles. The Kier molecular flexibility index (Phi) is 15.2. The van der Waals surface area contributed by atoms with Gasteiger partial charge in [0.05, 0.1) is 16.7 Å². The van der Waals surface area contributed by atoms with E-state index in [-0.39, 0.29) is 10.8 Å². The molecule has 14 aromatic carbocycles. The van der Waals surface area contributed by atoms with Crippen LogP contribution in [0.15, 0.2) is 334 Å². The quantitative estimate of drug-likeness (QED) is 0.115. The molecule has 0 atom stereocenters. The monoisotopic (exact) mass is 1190 g/mol. The smallest absolute Gasteiger partial charge is 0.0541 e. The number of rotatable bonds is 12. The van der Waals surface area contributed by atoms with E-state index in [0.29, 0.717) is 0 Å². The van der Waals surface area contributed by atoms with Crippen LogP contribution in [0.5, 0.6) is 0 Å². The van der Waals surface area contributed by atoms with Crippen molar-refractivity contribution in [2.24, 2.45) is 0 Å². The fourth-order valence-corrected chi connectivity index (χ4v) is 13.4. The van der Waals surface area contributed by atoms with Gasteiger partial charge >= 0.3 is 0 Å². The first-order valence-electron chi connectivity index (χ1n) is 32.6. The molecule has 446 valence electrons. The summed E-state index contributed by atoms with van der Waals surface area (Å²) in [4.78, 5) is 0. The van der Waals surface area contributed by atoms with Crippen molar-refractivity contribution in [1.29, 1.82) is 0 Å². The molecule has 0 radical (unpaired) electrons. The largest absolute Gasteiger partial charge is 0.309 e. The molecule has 1 aromatic heterocycles. The molecule has 0 aliphatic heterocycles. The van der Waals surface area contributed by atoms with Gasteiger partial charge in [-0.3, -0.25) is 0 Å². The van der Waals surface area contributed by atoms with E-state index in [9.17, 15) is 0 Å². The summed E-state index contributed by atoms with van der Waals surface area (Å²) in [7, 11) is 0. The van der Waals surface area contributed by atoms with Gasteiger partial charge in [-0.15, -0.1) is 0 Å². The van der Waals surface area contributed by atoms with Gasteiger partial charge < -0.3 is 4.57 Å². The second-order valence-corrected chi connectivity index (χ2v) is 27.0. The van der Waals surface area contributed by atoms with E-state index in [1.54, 1.807) is 0 Å². The Morgan fingerprint density at radius 1 is 0.183 bits per heavy atom. The van der Waals surface area contributed by atoms with Crippen LogP contribution in [0.1, 0.15) is 52.7 Å². The molecule has 0 N–H and O–H groups in total. The predicted molar refractivity (Wildman–Crippen MR) is 398 cm³/mol. The van der Waals surface area contributed by atoms with Crippen LogP contribution in [0.4, 0.5) is 0 Å². The third kappa shape index (κ3) is 11.9.